The van der Waals surface area contributed by atoms with Crippen molar-refractivity contribution in [3.8, 4) is 0 Å². The number of hydrogen-bond donors (Lipinski definition) is 1. The first-order valence-corrected chi connectivity index (χ1v) is 7.66. The van der Waals surface area contributed by atoms with Gasteiger partial charge in [-0.05, 0) is 37.2 Å². The highest BCUT2D eigenvalue weighted by atomic mass is 16.6. The Morgan fingerprint density at radius 1 is 1.23 bits per heavy atom. The van der Waals surface area contributed by atoms with E-state index in [9.17, 15) is 9.59 Å². The van der Waals surface area contributed by atoms with Crippen molar-refractivity contribution in [2.45, 2.75) is 45.8 Å². The molecular formula is C17H23NO4. The van der Waals surface area contributed by atoms with E-state index in [2.05, 4.69) is 12.2 Å². The van der Waals surface area contributed by atoms with Crippen LogP contribution in [0.5, 0.6) is 0 Å². The summed E-state index contributed by atoms with van der Waals surface area (Å²) in [5, 5.41) is 2.63. The minimum atomic E-state index is -0.643. The lowest BCUT2D eigenvalue weighted by Gasteiger charge is -2.20. The molecule has 1 aliphatic carbocycles. The molecule has 0 aliphatic heterocycles. The van der Waals surface area contributed by atoms with Crippen LogP contribution < -0.4 is 5.32 Å². The summed E-state index contributed by atoms with van der Waals surface area (Å²) in [6.45, 7) is 4.34. The van der Waals surface area contributed by atoms with E-state index < -0.39 is 18.1 Å². The Balaban J connectivity index is 1.85. The van der Waals surface area contributed by atoms with Crippen molar-refractivity contribution in [2.75, 3.05) is 6.61 Å². The Bertz CT molecular complexity index is 511. The maximum Gasteiger partial charge on any atom is 0.408 e. The molecule has 0 saturated heterocycles. The van der Waals surface area contributed by atoms with Crippen LogP contribution in [0.1, 0.15) is 38.7 Å². The van der Waals surface area contributed by atoms with Gasteiger partial charge in [-0.3, -0.25) is 0 Å². The average molecular weight is 305 g/mol. The van der Waals surface area contributed by atoms with Crippen molar-refractivity contribution in [3.05, 3.63) is 35.9 Å². The maximum absolute atomic E-state index is 12.0. The smallest absolute Gasteiger partial charge is 0.408 e. The van der Waals surface area contributed by atoms with Crippen LogP contribution in [0.25, 0.3) is 0 Å². The summed E-state index contributed by atoms with van der Waals surface area (Å²) in [7, 11) is 0. The molecule has 0 heterocycles. The molecule has 1 aromatic rings. The molecule has 5 nitrogen and oxygen atoms in total. The quantitative estimate of drug-likeness (QED) is 0.786. The number of carbonyl (C=O) groups excluding carboxylic acids is 2. The molecule has 1 fully saturated rings. The normalized spacial score (nSPS) is 16.5. The maximum atomic E-state index is 12.0. The molecule has 2 rings (SSSR count). The highest BCUT2D eigenvalue weighted by Gasteiger charge is 2.42. The van der Waals surface area contributed by atoms with E-state index in [1.807, 2.05) is 30.3 Å². The van der Waals surface area contributed by atoms with Crippen LogP contribution in [-0.4, -0.2) is 24.7 Å². The molecule has 0 bridgehead atoms. The highest BCUT2D eigenvalue weighted by Crippen LogP contribution is 2.48. The van der Waals surface area contributed by atoms with Crippen molar-refractivity contribution >= 4 is 12.1 Å². The number of ether oxygens (including phenoxy) is 2. The first kappa shape index (κ1) is 16.3. The SMILES string of the molecule is CCOC(=O)[C@@H](CC1(C)CC1)NC(=O)OCc1ccccc1. The molecule has 0 aromatic heterocycles. The Morgan fingerprint density at radius 3 is 2.50 bits per heavy atom. The lowest BCUT2D eigenvalue weighted by atomic mass is 9.99. The largest absolute Gasteiger partial charge is 0.464 e. The topological polar surface area (TPSA) is 64.6 Å². The van der Waals surface area contributed by atoms with Gasteiger partial charge in [0.1, 0.15) is 12.6 Å². The number of rotatable bonds is 7. The van der Waals surface area contributed by atoms with E-state index in [-0.39, 0.29) is 12.0 Å². The van der Waals surface area contributed by atoms with Gasteiger partial charge in [0.25, 0.3) is 0 Å². The fraction of sp³-hybridized carbons (Fsp3) is 0.529. The van der Waals surface area contributed by atoms with Gasteiger partial charge in [0.05, 0.1) is 6.61 Å². The van der Waals surface area contributed by atoms with Crippen molar-refractivity contribution in [1.82, 2.24) is 5.32 Å². The fourth-order valence-corrected chi connectivity index (χ4v) is 2.25. The lowest BCUT2D eigenvalue weighted by molar-refractivity contribution is -0.146. The molecule has 5 heteroatoms. The molecule has 1 aliphatic rings. The summed E-state index contributed by atoms with van der Waals surface area (Å²) in [6, 6.07) is 8.77. The van der Waals surface area contributed by atoms with Gasteiger partial charge in [0, 0.05) is 0 Å². The Labute approximate surface area is 131 Å². The van der Waals surface area contributed by atoms with Crippen LogP contribution >= 0.6 is 0 Å². The molecule has 120 valence electrons. The van der Waals surface area contributed by atoms with Gasteiger partial charge in [-0.1, -0.05) is 37.3 Å². The van der Waals surface area contributed by atoms with E-state index in [4.69, 9.17) is 9.47 Å². The van der Waals surface area contributed by atoms with Crippen LogP contribution in [0.2, 0.25) is 0 Å². The summed E-state index contributed by atoms with van der Waals surface area (Å²) in [4.78, 5) is 23.9. The summed E-state index contributed by atoms with van der Waals surface area (Å²) in [6.07, 6.45) is 2.14. The van der Waals surface area contributed by atoms with Gasteiger partial charge >= 0.3 is 12.1 Å². The number of carbonyl (C=O) groups is 2. The molecule has 0 radical (unpaired) electrons. The number of alkyl carbamates (subject to hydrolysis) is 1. The second-order valence-electron chi connectivity index (χ2n) is 6.03. The zero-order chi connectivity index (χ0) is 16.0. The molecule has 1 N–H and O–H groups in total. The van der Waals surface area contributed by atoms with Crippen LogP contribution in [0.3, 0.4) is 0 Å². The molecular weight excluding hydrogens is 282 g/mol. The Kier molecular flexibility index (Phi) is 5.41. The highest BCUT2D eigenvalue weighted by molar-refractivity contribution is 5.81. The van der Waals surface area contributed by atoms with E-state index >= 15 is 0 Å². The average Bonchev–Trinajstić information content (AvgIpc) is 3.23. The first-order chi connectivity index (χ1) is 10.5. The van der Waals surface area contributed by atoms with Crippen molar-refractivity contribution in [3.63, 3.8) is 0 Å². The minimum absolute atomic E-state index is 0.129. The van der Waals surface area contributed by atoms with Gasteiger partial charge in [0.15, 0.2) is 0 Å². The van der Waals surface area contributed by atoms with Crippen LogP contribution in [-0.2, 0) is 20.9 Å². The molecule has 0 spiro atoms. The molecule has 1 aromatic carbocycles. The third-order valence-electron chi connectivity index (χ3n) is 3.88. The number of benzene rings is 1. The fourth-order valence-electron chi connectivity index (χ4n) is 2.25. The number of amides is 1. The van der Waals surface area contributed by atoms with E-state index in [0.717, 1.165) is 18.4 Å². The third kappa shape index (κ3) is 5.06. The van der Waals surface area contributed by atoms with Crippen molar-refractivity contribution < 1.29 is 19.1 Å². The van der Waals surface area contributed by atoms with Crippen LogP contribution in [0, 0.1) is 5.41 Å². The summed E-state index contributed by atoms with van der Waals surface area (Å²) < 4.78 is 10.2. The molecule has 1 amide bonds. The predicted molar refractivity (Wildman–Crippen MR) is 82.1 cm³/mol. The van der Waals surface area contributed by atoms with Crippen LogP contribution in [0.4, 0.5) is 4.79 Å². The van der Waals surface area contributed by atoms with Gasteiger partial charge in [-0.2, -0.15) is 0 Å². The second-order valence-corrected chi connectivity index (χ2v) is 6.03. The van der Waals surface area contributed by atoms with Crippen molar-refractivity contribution in [2.24, 2.45) is 5.41 Å². The third-order valence-corrected chi connectivity index (χ3v) is 3.88. The van der Waals surface area contributed by atoms with E-state index in [1.54, 1.807) is 6.92 Å². The van der Waals surface area contributed by atoms with Crippen LogP contribution in [0.15, 0.2) is 30.3 Å². The predicted octanol–water partition coefficient (Wildman–Crippen LogP) is 3.03. The molecule has 0 unspecified atom stereocenters. The Hall–Kier alpha value is -2.04. The summed E-state index contributed by atoms with van der Waals surface area (Å²) in [5.74, 6) is -0.396. The number of hydrogen-bond acceptors (Lipinski definition) is 4. The van der Waals surface area contributed by atoms with Gasteiger partial charge in [-0.15, -0.1) is 0 Å². The summed E-state index contributed by atoms with van der Waals surface area (Å²) in [5.41, 5.74) is 1.03. The zero-order valence-corrected chi connectivity index (χ0v) is 13.1. The Morgan fingerprint density at radius 2 is 1.91 bits per heavy atom. The standard InChI is InChI=1S/C17H23NO4/c1-3-21-15(19)14(11-17(2)9-10-17)18-16(20)22-12-13-7-5-4-6-8-13/h4-8,14H,3,9-12H2,1-2H3,(H,18,20)/t14-/m1/s1. The monoisotopic (exact) mass is 305 g/mol. The van der Waals surface area contributed by atoms with E-state index in [1.165, 1.54) is 0 Å². The van der Waals surface area contributed by atoms with E-state index in [0.29, 0.717) is 13.0 Å². The molecule has 22 heavy (non-hydrogen) atoms. The number of esters is 1. The first-order valence-electron chi connectivity index (χ1n) is 7.66. The lowest BCUT2D eigenvalue weighted by Crippen LogP contribution is -2.43. The zero-order valence-electron chi connectivity index (χ0n) is 13.1. The molecule has 1 atom stereocenters. The number of nitrogens with one attached hydrogen (secondary N) is 1. The van der Waals surface area contributed by atoms with Crippen molar-refractivity contribution in [1.29, 1.82) is 0 Å². The summed E-state index contributed by atoms with van der Waals surface area (Å²) >= 11 is 0. The minimum Gasteiger partial charge on any atom is -0.464 e. The van der Waals surface area contributed by atoms with Gasteiger partial charge in [-0.25, -0.2) is 9.59 Å². The van der Waals surface area contributed by atoms with Gasteiger partial charge < -0.3 is 14.8 Å². The second kappa shape index (κ2) is 7.29. The van der Waals surface area contributed by atoms with Gasteiger partial charge in [0.2, 0.25) is 0 Å². The molecule has 1 saturated carbocycles.